The van der Waals surface area contributed by atoms with Gasteiger partial charge in [-0.2, -0.15) is 0 Å². The molecular weight excluding hydrogens is 300 g/mol. The van der Waals surface area contributed by atoms with E-state index in [1.807, 2.05) is 0 Å². The molecule has 0 radical (unpaired) electrons. The normalized spacial score (nSPS) is 17.5. The lowest BCUT2D eigenvalue weighted by Gasteiger charge is -2.28. The van der Waals surface area contributed by atoms with E-state index in [2.05, 4.69) is 22.6 Å². The summed E-state index contributed by atoms with van der Waals surface area (Å²) in [5, 5.41) is 47.8. The van der Waals surface area contributed by atoms with Crippen LogP contribution in [0.25, 0.3) is 0 Å². The number of aliphatic hydroxyl groups is 5. The first-order valence-corrected chi connectivity index (χ1v) is 6.23. The van der Waals surface area contributed by atoms with Crippen LogP contribution in [0.2, 0.25) is 0 Å². The number of hydrogen-bond acceptors (Lipinski definition) is 9. The molecular formula is C13H20O9. The van der Waals surface area contributed by atoms with Crippen molar-refractivity contribution < 1.29 is 44.6 Å². The fourth-order valence-corrected chi connectivity index (χ4v) is 1.31. The maximum Gasteiger partial charge on any atom is 0.330 e. The summed E-state index contributed by atoms with van der Waals surface area (Å²) < 4.78 is 8.91. The van der Waals surface area contributed by atoms with Crippen molar-refractivity contribution in [2.75, 3.05) is 13.2 Å². The second kappa shape index (κ2) is 10.0. The number of ether oxygens (including phenoxy) is 2. The van der Waals surface area contributed by atoms with Gasteiger partial charge in [-0.3, -0.25) is 0 Å². The summed E-state index contributed by atoms with van der Waals surface area (Å²) in [6.07, 6.45) is -7.57. The smallest absolute Gasteiger partial charge is 0.330 e. The van der Waals surface area contributed by atoms with Gasteiger partial charge in [0.05, 0.1) is 0 Å². The van der Waals surface area contributed by atoms with Crippen molar-refractivity contribution in [1.82, 2.24) is 0 Å². The lowest BCUT2D eigenvalue weighted by atomic mass is 10.00. The van der Waals surface area contributed by atoms with Crippen molar-refractivity contribution >= 4 is 11.9 Å². The van der Waals surface area contributed by atoms with Crippen LogP contribution in [0.1, 0.15) is 0 Å². The highest BCUT2D eigenvalue weighted by Crippen LogP contribution is 2.10. The molecule has 0 spiro atoms. The van der Waals surface area contributed by atoms with Gasteiger partial charge in [-0.25, -0.2) is 9.59 Å². The Morgan fingerprint density at radius 3 is 1.36 bits per heavy atom. The van der Waals surface area contributed by atoms with Crippen molar-refractivity contribution in [3.63, 3.8) is 0 Å². The van der Waals surface area contributed by atoms with Crippen LogP contribution in [0.3, 0.4) is 0 Å². The molecule has 0 aromatic carbocycles. The van der Waals surface area contributed by atoms with E-state index in [0.717, 1.165) is 12.2 Å². The van der Waals surface area contributed by atoms with Crippen LogP contribution in [0.15, 0.2) is 25.3 Å². The highest BCUT2D eigenvalue weighted by Gasteiger charge is 2.35. The van der Waals surface area contributed by atoms with Crippen molar-refractivity contribution in [1.29, 1.82) is 0 Å². The molecule has 0 fully saturated rings. The third-order valence-electron chi connectivity index (χ3n) is 2.61. The van der Waals surface area contributed by atoms with Gasteiger partial charge in [0.25, 0.3) is 0 Å². The Hall–Kier alpha value is -1.78. The van der Waals surface area contributed by atoms with Crippen LogP contribution in [-0.2, 0) is 19.1 Å². The Morgan fingerprint density at radius 1 is 0.773 bits per heavy atom. The average Bonchev–Trinajstić information content (AvgIpc) is 2.54. The summed E-state index contributed by atoms with van der Waals surface area (Å²) in [7, 11) is 0. The van der Waals surface area contributed by atoms with Crippen molar-refractivity contribution in [3.05, 3.63) is 25.3 Å². The average molecular weight is 320 g/mol. The summed E-state index contributed by atoms with van der Waals surface area (Å²) in [5.41, 5.74) is 0. The predicted molar refractivity (Wildman–Crippen MR) is 72.3 cm³/mol. The minimum atomic E-state index is -1.98. The molecule has 22 heavy (non-hydrogen) atoms. The standard InChI is InChI=1S/C13H20O9/c1-3-9(16)21-5-7(14)11(18)13(20)12(19)8(15)6-22-10(17)4-2/h3-4,7-8,11-15,18-20H,1-2,5-6H2. The fraction of sp³-hybridized carbons (Fsp3) is 0.538. The van der Waals surface area contributed by atoms with Crippen LogP contribution in [0, 0.1) is 0 Å². The molecule has 126 valence electrons. The largest absolute Gasteiger partial charge is 0.460 e. The topological polar surface area (TPSA) is 154 Å². The molecule has 0 heterocycles. The van der Waals surface area contributed by atoms with Crippen molar-refractivity contribution in [2.24, 2.45) is 0 Å². The highest BCUT2D eigenvalue weighted by molar-refractivity contribution is 5.81. The molecule has 4 unspecified atom stereocenters. The van der Waals surface area contributed by atoms with Gasteiger partial charge in [-0.05, 0) is 0 Å². The summed E-state index contributed by atoms with van der Waals surface area (Å²) in [4.78, 5) is 21.6. The molecule has 0 aliphatic carbocycles. The summed E-state index contributed by atoms with van der Waals surface area (Å²) in [6.45, 7) is 4.93. The molecule has 0 aromatic rings. The minimum absolute atomic E-state index is 0.655. The maximum atomic E-state index is 10.8. The lowest BCUT2D eigenvalue weighted by Crippen LogP contribution is -2.51. The van der Waals surface area contributed by atoms with E-state index < -0.39 is 55.7 Å². The maximum absolute atomic E-state index is 10.8. The lowest BCUT2D eigenvalue weighted by molar-refractivity contribution is -0.163. The van der Waals surface area contributed by atoms with Crippen LogP contribution < -0.4 is 0 Å². The Balaban J connectivity index is 4.42. The van der Waals surface area contributed by atoms with Gasteiger partial charge in [0.15, 0.2) is 0 Å². The Kier molecular flexibility index (Phi) is 9.22. The SMILES string of the molecule is C=CC(=O)OCC(O)C(O)C(O)C(O)C(O)COC(=O)C=C. The summed E-state index contributed by atoms with van der Waals surface area (Å²) in [5.74, 6) is -1.70. The Bertz CT molecular complexity index is 359. The molecule has 0 amide bonds. The molecule has 0 bridgehead atoms. The molecule has 9 nitrogen and oxygen atoms in total. The first-order valence-electron chi connectivity index (χ1n) is 6.23. The van der Waals surface area contributed by atoms with Gasteiger partial charge in [0.2, 0.25) is 0 Å². The van der Waals surface area contributed by atoms with E-state index in [9.17, 15) is 35.1 Å². The molecule has 0 rings (SSSR count). The van der Waals surface area contributed by atoms with Crippen LogP contribution >= 0.6 is 0 Å². The van der Waals surface area contributed by atoms with Gasteiger partial charge in [-0.15, -0.1) is 0 Å². The predicted octanol–water partition coefficient (Wildman–Crippen LogP) is -2.75. The first kappa shape index (κ1) is 20.2. The zero-order valence-corrected chi connectivity index (χ0v) is 11.7. The molecule has 0 aliphatic heterocycles. The number of hydrogen-bond donors (Lipinski definition) is 5. The Labute approximate surface area is 126 Å². The monoisotopic (exact) mass is 320 g/mol. The van der Waals surface area contributed by atoms with E-state index in [0.29, 0.717) is 0 Å². The quantitative estimate of drug-likeness (QED) is 0.213. The van der Waals surface area contributed by atoms with Gasteiger partial charge >= 0.3 is 11.9 Å². The van der Waals surface area contributed by atoms with Crippen LogP contribution in [-0.4, -0.2) is 81.2 Å². The van der Waals surface area contributed by atoms with E-state index >= 15 is 0 Å². The number of rotatable bonds is 10. The van der Waals surface area contributed by atoms with Gasteiger partial charge in [0.1, 0.15) is 43.7 Å². The van der Waals surface area contributed by atoms with E-state index in [-0.39, 0.29) is 0 Å². The molecule has 0 saturated carbocycles. The van der Waals surface area contributed by atoms with Gasteiger partial charge in [-0.1, -0.05) is 13.2 Å². The second-order valence-electron chi connectivity index (χ2n) is 4.27. The van der Waals surface area contributed by atoms with Crippen LogP contribution in [0.5, 0.6) is 0 Å². The van der Waals surface area contributed by atoms with E-state index in [1.54, 1.807) is 0 Å². The number of esters is 2. The highest BCUT2D eigenvalue weighted by atomic mass is 16.5. The molecule has 0 aliphatic rings. The molecule has 0 aromatic heterocycles. The molecule has 5 N–H and O–H groups in total. The first-order chi connectivity index (χ1) is 10.2. The number of carbonyl (C=O) groups is 2. The zero-order valence-electron chi connectivity index (χ0n) is 11.7. The molecule has 4 atom stereocenters. The minimum Gasteiger partial charge on any atom is -0.460 e. The third kappa shape index (κ3) is 6.78. The van der Waals surface area contributed by atoms with Gasteiger partial charge in [0, 0.05) is 12.2 Å². The third-order valence-corrected chi connectivity index (χ3v) is 2.61. The summed E-state index contributed by atoms with van der Waals surface area (Å²) >= 11 is 0. The van der Waals surface area contributed by atoms with Crippen LogP contribution in [0.4, 0.5) is 0 Å². The number of carbonyl (C=O) groups excluding carboxylic acids is 2. The zero-order chi connectivity index (χ0) is 17.3. The summed E-state index contributed by atoms with van der Waals surface area (Å²) in [6, 6.07) is 0. The van der Waals surface area contributed by atoms with Gasteiger partial charge < -0.3 is 35.0 Å². The fourth-order valence-electron chi connectivity index (χ4n) is 1.31. The molecule has 0 saturated heterocycles. The van der Waals surface area contributed by atoms with Crippen molar-refractivity contribution in [3.8, 4) is 0 Å². The second-order valence-corrected chi connectivity index (χ2v) is 4.27. The van der Waals surface area contributed by atoms with Crippen molar-refractivity contribution in [2.45, 2.75) is 30.5 Å². The van der Waals surface area contributed by atoms with E-state index in [4.69, 9.17) is 0 Å². The van der Waals surface area contributed by atoms with E-state index in [1.165, 1.54) is 0 Å². The number of aliphatic hydroxyl groups excluding tert-OH is 5. The Morgan fingerprint density at radius 2 is 1.09 bits per heavy atom. The molecule has 9 heteroatoms.